The lowest BCUT2D eigenvalue weighted by Gasteiger charge is -2.00. The van der Waals surface area contributed by atoms with Gasteiger partial charge in [0.15, 0.2) is 17.8 Å². The molecule has 0 amide bonds. The lowest BCUT2D eigenvalue weighted by molar-refractivity contribution is 0.0520. The Morgan fingerprint density at radius 3 is 2.94 bits per heavy atom. The predicted octanol–water partition coefficient (Wildman–Crippen LogP) is 2.67. The first-order chi connectivity index (χ1) is 8.27. The summed E-state index contributed by atoms with van der Waals surface area (Å²) in [6.45, 7) is 4.01. The van der Waals surface area contributed by atoms with Crippen molar-refractivity contribution in [2.75, 3.05) is 6.61 Å². The van der Waals surface area contributed by atoms with Crippen LogP contribution in [0.15, 0.2) is 27.6 Å². The van der Waals surface area contributed by atoms with E-state index in [0.717, 1.165) is 11.3 Å². The normalized spacial score (nSPS) is 10.5. The summed E-state index contributed by atoms with van der Waals surface area (Å²) in [7, 11) is 0. The number of aryl methyl sites for hydroxylation is 1. The van der Waals surface area contributed by atoms with Crippen molar-refractivity contribution in [2.24, 2.45) is 0 Å². The summed E-state index contributed by atoms with van der Waals surface area (Å²) in [6, 6.07) is 1.75. The minimum atomic E-state index is -0.487. The standard InChI is InChI=1S/C12H13NO4/c1-3-9-8(5-6-16-9)11-10(13-7-17-11)12(14)15-4-2/h5-7H,3-4H2,1-2H3. The van der Waals surface area contributed by atoms with E-state index in [1.54, 1.807) is 19.3 Å². The number of nitrogens with zero attached hydrogens (tertiary/aromatic N) is 1. The van der Waals surface area contributed by atoms with Gasteiger partial charge in [0.1, 0.15) is 5.76 Å². The van der Waals surface area contributed by atoms with Crippen LogP contribution in [0.25, 0.3) is 11.3 Å². The molecule has 0 saturated heterocycles. The maximum Gasteiger partial charge on any atom is 0.360 e. The summed E-state index contributed by atoms with van der Waals surface area (Å²) < 4.78 is 15.4. The molecule has 0 bridgehead atoms. The van der Waals surface area contributed by atoms with Crippen molar-refractivity contribution in [3.8, 4) is 11.3 Å². The lowest BCUT2D eigenvalue weighted by atomic mass is 10.1. The average molecular weight is 235 g/mol. The van der Waals surface area contributed by atoms with Gasteiger partial charge in [0, 0.05) is 6.42 Å². The van der Waals surface area contributed by atoms with Gasteiger partial charge in [0.25, 0.3) is 0 Å². The molecular weight excluding hydrogens is 222 g/mol. The van der Waals surface area contributed by atoms with Gasteiger partial charge in [-0.05, 0) is 13.0 Å². The third-order valence-electron chi connectivity index (χ3n) is 2.35. The van der Waals surface area contributed by atoms with Crippen molar-refractivity contribution in [1.82, 2.24) is 4.98 Å². The van der Waals surface area contributed by atoms with Crippen LogP contribution in [0.4, 0.5) is 0 Å². The lowest BCUT2D eigenvalue weighted by Crippen LogP contribution is -2.06. The Hall–Kier alpha value is -2.04. The summed E-state index contributed by atoms with van der Waals surface area (Å²) in [5.41, 5.74) is 0.927. The van der Waals surface area contributed by atoms with E-state index in [9.17, 15) is 4.79 Å². The number of hydrogen-bond acceptors (Lipinski definition) is 5. The molecule has 0 aliphatic rings. The smallest absolute Gasteiger partial charge is 0.360 e. The second kappa shape index (κ2) is 4.86. The van der Waals surface area contributed by atoms with Crippen LogP contribution in [0.1, 0.15) is 30.1 Å². The van der Waals surface area contributed by atoms with Crippen LogP contribution in [0.5, 0.6) is 0 Å². The van der Waals surface area contributed by atoms with Crippen LogP contribution in [0, 0.1) is 0 Å². The quantitative estimate of drug-likeness (QED) is 0.762. The van der Waals surface area contributed by atoms with E-state index >= 15 is 0 Å². The number of carbonyl (C=O) groups excluding carboxylic acids is 1. The highest BCUT2D eigenvalue weighted by molar-refractivity contribution is 5.93. The summed E-state index contributed by atoms with van der Waals surface area (Å²) in [4.78, 5) is 15.5. The zero-order valence-electron chi connectivity index (χ0n) is 9.73. The number of hydrogen-bond donors (Lipinski definition) is 0. The number of aromatic nitrogens is 1. The largest absolute Gasteiger partial charge is 0.469 e. The first-order valence-corrected chi connectivity index (χ1v) is 5.45. The summed E-state index contributed by atoms with van der Waals surface area (Å²) >= 11 is 0. The SMILES string of the molecule is CCOC(=O)c1ncoc1-c1ccoc1CC. The summed E-state index contributed by atoms with van der Waals surface area (Å²) in [6.07, 6.45) is 3.50. The highest BCUT2D eigenvalue weighted by atomic mass is 16.5. The van der Waals surface area contributed by atoms with E-state index in [-0.39, 0.29) is 5.69 Å². The van der Waals surface area contributed by atoms with Gasteiger partial charge in [-0.1, -0.05) is 6.92 Å². The number of ether oxygens (including phenoxy) is 1. The molecule has 2 heterocycles. The Bertz CT molecular complexity index is 512. The molecule has 0 aliphatic heterocycles. The Kier molecular flexibility index (Phi) is 3.27. The van der Waals surface area contributed by atoms with Gasteiger partial charge in [-0.15, -0.1) is 0 Å². The van der Waals surface area contributed by atoms with E-state index in [4.69, 9.17) is 13.6 Å². The van der Waals surface area contributed by atoms with Crippen LogP contribution in [0.2, 0.25) is 0 Å². The third-order valence-corrected chi connectivity index (χ3v) is 2.35. The van der Waals surface area contributed by atoms with E-state index in [1.807, 2.05) is 6.92 Å². The van der Waals surface area contributed by atoms with Crippen molar-refractivity contribution >= 4 is 5.97 Å². The molecule has 0 fully saturated rings. The monoisotopic (exact) mass is 235 g/mol. The molecule has 2 aromatic rings. The number of esters is 1. The summed E-state index contributed by atoms with van der Waals surface area (Å²) in [5.74, 6) is 0.667. The van der Waals surface area contributed by atoms with Gasteiger partial charge in [0.05, 0.1) is 18.4 Å². The molecule has 2 rings (SSSR count). The van der Waals surface area contributed by atoms with Gasteiger partial charge in [-0.25, -0.2) is 9.78 Å². The maximum atomic E-state index is 11.6. The molecular formula is C12H13NO4. The number of rotatable bonds is 4. The zero-order valence-corrected chi connectivity index (χ0v) is 9.73. The van der Waals surface area contributed by atoms with Crippen molar-refractivity contribution in [3.05, 3.63) is 30.2 Å². The van der Waals surface area contributed by atoms with Crippen LogP contribution >= 0.6 is 0 Å². The van der Waals surface area contributed by atoms with E-state index in [2.05, 4.69) is 4.98 Å². The Balaban J connectivity index is 2.40. The molecule has 0 saturated carbocycles. The Morgan fingerprint density at radius 1 is 1.41 bits per heavy atom. The molecule has 5 nitrogen and oxygen atoms in total. The third kappa shape index (κ3) is 2.08. The fraction of sp³-hybridized carbons (Fsp3) is 0.333. The first kappa shape index (κ1) is 11.4. The Labute approximate surface area is 98.4 Å². The zero-order chi connectivity index (χ0) is 12.3. The number of carbonyl (C=O) groups is 1. The molecule has 2 aromatic heterocycles. The van der Waals surface area contributed by atoms with E-state index in [0.29, 0.717) is 18.8 Å². The molecule has 0 radical (unpaired) electrons. The summed E-state index contributed by atoms with van der Waals surface area (Å²) in [5, 5.41) is 0. The van der Waals surface area contributed by atoms with Crippen LogP contribution in [0.3, 0.4) is 0 Å². The van der Waals surface area contributed by atoms with Crippen LogP contribution in [-0.2, 0) is 11.2 Å². The van der Waals surface area contributed by atoms with Crippen molar-refractivity contribution in [3.63, 3.8) is 0 Å². The molecule has 0 aliphatic carbocycles. The highest BCUT2D eigenvalue weighted by Gasteiger charge is 2.22. The van der Waals surface area contributed by atoms with Gasteiger partial charge in [-0.3, -0.25) is 0 Å². The van der Waals surface area contributed by atoms with Gasteiger partial charge in [0.2, 0.25) is 0 Å². The highest BCUT2D eigenvalue weighted by Crippen LogP contribution is 2.28. The molecule has 0 atom stereocenters. The minimum Gasteiger partial charge on any atom is -0.469 e. The molecule has 0 N–H and O–H groups in total. The second-order valence-electron chi connectivity index (χ2n) is 3.36. The second-order valence-corrected chi connectivity index (χ2v) is 3.36. The fourth-order valence-corrected chi connectivity index (χ4v) is 1.60. The maximum absolute atomic E-state index is 11.6. The van der Waals surface area contributed by atoms with Gasteiger partial charge >= 0.3 is 5.97 Å². The number of furan rings is 1. The van der Waals surface area contributed by atoms with Crippen LogP contribution in [-0.4, -0.2) is 17.6 Å². The van der Waals surface area contributed by atoms with E-state index in [1.165, 1.54) is 6.39 Å². The van der Waals surface area contributed by atoms with Crippen molar-refractivity contribution in [1.29, 1.82) is 0 Å². The fourth-order valence-electron chi connectivity index (χ4n) is 1.60. The van der Waals surface area contributed by atoms with Crippen LogP contribution < -0.4 is 0 Å². The Morgan fingerprint density at radius 2 is 2.24 bits per heavy atom. The molecule has 0 spiro atoms. The average Bonchev–Trinajstić information content (AvgIpc) is 2.97. The topological polar surface area (TPSA) is 65.5 Å². The molecule has 17 heavy (non-hydrogen) atoms. The molecule has 5 heteroatoms. The van der Waals surface area contributed by atoms with Crippen molar-refractivity contribution < 1.29 is 18.4 Å². The van der Waals surface area contributed by atoms with Crippen molar-refractivity contribution in [2.45, 2.75) is 20.3 Å². The minimum absolute atomic E-state index is 0.183. The molecule has 90 valence electrons. The van der Waals surface area contributed by atoms with Gasteiger partial charge in [-0.2, -0.15) is 0 Å². The molecule has 0 unspecified atom stereocenters. The number of oxazole rings is 1. The molecule has 0 aromatic carbocycles. The van der Waals surface area contributed by atoms with E-state index < -0.39 is 5.97 Å². The first-order valence-electron chi connectivity index (χ1n) is 5.45. The van der Waals surface area contributed by atoms with Gasteiger partial charge < -0.3 is 13.6 Å². The predicted molar refractivity (Wildman–Crippen MR) is 59.5 cm³/mol.